The predicted octanol–water partition coefficient (Wildman–Crippen LogP) is 2.19. The summed E-state index contributed by atoms with van der Waals surface area (Å²) in [5, 5.41) is 18.3. The Hall–Kier alpha value is -1.26. The van der Waals surface area contributed by atoms with Crippen LogP contribution in [0.2, 0.25) is 5.02 Å². The molecular weight excluding hydrogens is 232 g/mol. The summed E-state index contributed by atoms with van der Waals surface area (Å²) in [5.41, 5.74) is -0.00912. The second-order valence-corrected chi connectivity index (χ2v) is 3.73. The van der Waals surface area contributed by atoms with Crippen LogP contribution in [0.1, 0.15) is 23.7 Å². The van der Waals surface area contributed by atoms with Crippen molar-refractivity contribution in [3.05, 3.63) is 28.8 Å². The van der Waals surface area contributed by atoms with Gasteiger partial charge in [0.25, 0.3) is 0 Å². The van der Waals surface area contributed by atoms with E-state index < -0.39 is 12.1 Å². The number of hydrogen-bond donors (Lipinski definition) is 2. The Bertz CT molecular complexity index is 378. The normalized spacial score (nSPS) is 12.2. The second kappa shape index (κ2) is 5.72. The van der Waals surface area contributed by atoms with Crippen molar-refractivity contribution in [1.82, 2.24) is 0 Å². The maximum atomic E-state index is 10.8. The van der Waals surface area contributed by atoms with Crippen LogP contribution in [0.25, 0.3) is 0 Å². The molecule has 0 bridgehead atoms. The van der Waals surface area contributed by atoms with Crippen molar-refractivity contribution in [3.8, 4) is 5.75 Å². The summed E-state index contributed by atoms with van der Waals surface area (Å²) >= 11 is 5.70. The van der Waals surface area contributed by atoms with Crippen molar-refractivity contribution in [2.24, 2.45) is 0 Å². The van der Waals surface area contributed by atoms with Gasteiger partial charge in [-0.3, -0.25) is 0 Å². The molecule has 0 fully saturated rings. The van der Waals surface area contributed by atoms with Crippen LogP contribution in [0, 0.1) is 0 Å². The molecule has 0 amide bonds. The molecule has 0 aliphatic carbocycles. The lowest BCUT2D eigenvalue weighted by atomic mass is 10.2. The van der Waals surface area contributed by atoms with Crippen LogP contribution in [0.3, 0.4) is 0 Å². The minimum absolute atomic E-state index is 0.00912. The largest absolute Gasteiger partial charge is 0.491 e. The number of ether oxygens (including phenoxy) is 1. The van der Waals surface area contributed by atoms with E-state index in [1.165, 1.54) is 12.1 Å². The first kappa shape index (κ1) is 12.8. The number of halogens is 1. The molecule has 1 aromatic carbocycles. The minimum atomic E-state index is -1.11. The Labute approximate surface area is 98.4 Å². The summed E-state index contributed by atoms with van der Waals surface area (Å²) in [5.74, 6) is -0.721. The van der Waals surface area contributed by atoms with Crippen LogP contribution in [0.5, 0.6) is 5.75 Å². The Kier molecular flexibility index (Phi) is 4.58. The fraction of sp³-hybridized carbons (Fsp3) is 0.364. The molecule has 1 unspecified atom stereocenters. The molecule has 0 saturated carbocycles. The van der Waals surface area contributed by atoms with Crippen LogP contribution in [0.15, 0.2) is 18.2 Å². The van der Waals surface area contributed by atoms with E-state index in [0.717, 1.165) is 0 Å². The summed E-state index contributed by atoms with van der Waals surface area (Å²) in [6.07, 6.45) is 0.0308. The molecule has 5 heteroatoms. The number of aliphatic hydroxyl groups excluding tert-OH is 1. The second-order valence-electron chi connectivity index (χ2n) is 3.32. The van der Waals surface area contributed by atoms with Gasteiger partial charge in [0.15, 0.2) is 0 Å². The van der Waals surface area contributed by atoms with E-state index >= 15 is 0 Å². The van der Waals surface area contributed by atoms with E-state index in [9.17, 15) is 9.90 Å². The van der Waals surface area contributed by atoms with E-state index in [0.29, 0.717) is 12.2 Å². The molecule has 4 nitrogen and oxygen atoms in total. The van der Waals surface area contributed by atoms with Crippen LogP contribution in [0.4, 0.5) is 0 Å². The highest BCUT2D eigenvalue weighted by molar-refractivity contribution is 6.33. The minimum Gasteiger partial charge on any atom is -0.491 e. The first-order valence-corrected chi connectivity index (χ1v) is 5.26. The molecule has 1 rings (SSSR count). The molecule has 0 aliphatic rings. The summed E-state index contributed by atoms with van der Waals surface area (Å²) in [7, 11) is 0. The smallest absolute Gasteiger partial charge is 0.337 e. The summed E-state index contributed by atoms with van der Waals surface area (Å²) in [6.45, 7) is 1.97. The molecule has 0 aliphatic heterocycles. The average molecular weight is 245 g/mol. The zero-order chi connectivity index (χ0) is 12.1. The molecule has 0 spiro atoms. The predicted molar refractivity (Wildman–Crippen MR) is 60.2 cm³/mol. The van der Waals surface area contributed by atoms with E-state index in [-0.39, 0.29) is 17.2 Å². The molecule has 2 N–H and O–H groups in total. The molecule has 16 heavy (non-hydrogen) atoms. The first-order chi connectivity index (χ1) is 7.54. The molecule has 1 atom stereocenters. The van der Waals surface area contributed by atoms with E-state index in [1.807, 2.05) is 6.92 Å². The third kappa shape index (κ3) is 3.40. The highest BCUT2D eigenvalue weighted by Gasteiger charge is 2.10. The van der Waals surface area contributed by atoms with Crippen molar-refractivity contribution >= 4 is 17.6 Å². The van der Waals surface area contributed by atoms with Gasteiger partial charge in [0.05, 0.1) is 16.7 Å². The number of benzene rings is 1. The van der Waals surface area contributed by atoms with Crippen LogP contribution in [-0.4, -0.2) is 28.9 Å². The van der Waals surface area contributed by atoms with Gasteiger partial charge in [-0.1, -0.05) is 18.5 Å². The van der Waals surface area contributed by atoms with Gasteiger partial charge in [-0.2, -0.15) is 0 Å². The lowest BCUT2D eigenvalue weighted by Gasteiger charge is -2.11. The monoisotopic (exact) mass is 244 g/mol. The zero-order valence-electron chi connectivity index (χ0n) is 8.81. The van der Waals surface area contributed by atoms with Gasteiger partial charge in [-0.15, -0.1) is 0 Å². The molecular formula is C11H13ClO4. The summed E-state index contributed by atoms with van der Waals surface area (Å²) in [6, 6.07) is 4.36. The van der Waals surface area contributed by atoms with Crippen LogP contribution >= 0.6 is 11.6 Å². The van der Waals surface area contributed by atoms with Gasteiger partial charge in [0, 0.05) is 0 Å². The quantitative estimate of drug-likeness (QED) is 0.833. The Morgan fingerprint density at radius 2 is 2.25 bits per heavy atom. The number of hydrogen-bond acceptors (Lipinski definition) is 3. The molecule has 1 aromatic rings. The van der Waals surface area contributed by atoms with E-state index in [4.69, 9.17) is 21.4 Å². The Morgan fingerprint density at radius 1 is 1.56 bits per heavy atom. The lowest BCUT2D eigenvalue weighted by molar-refractivity contribution is 0.0696. The number of aromatic carboxylic acids is 1. The highest BCUT2D eigenvalue weighted by Crippen LogP contribution is 2.22. The number of carboxylic acid groups (broad SMARTS) is 1. The van der Waals surface area contributed by atoms with Crippen LogP contribution < -0.4 is 4.74 Å². The highest BCUT2D eigenvalue weighted by atomic mass is 35.5. The topological polar surface area (TPSA) is 66.8 Å². The van der Waals surface area contributed by atoms with Crippen molar-refractivity contribution < 1.29 is 19.7 Å². The average Bonchev–Trinajstić information content (AvgIpc) is 2.27. The Balaban J connectivity index is 2.75. The fourth-order valence-electron chi connectivity index (χ4n) is 1.07. The van der Waals surface area contributed by atoms with Crippen molar-refractivity contribution in [2.75, 3.05) is 6.61 Å². The number of rotatable bonds is 5. The van der Waals surface area contributed by atoms with Gasteiger partial charge >= 0.3 is 5.97 Å². The van der Waals surface area contributed by atoms with Gasteiger partial charge in [-0.05, 0) is 24.6 Å². The first-order valence-electron chi connectivity index (χ1n) is 4.88. The molecule has 88 valence electrons. The third-order valence-corrected chi connectivity index (χ3v) is 2.41. The SMILES string of the molecule is CCC(O)COc1ccc(Cl)c(C(=O)O)c1. The summed E-state index contributed by atoms with van der Waals surface area (Å²) < 4.78 is 5.23. The zero-order valence-corrected chi connectivity index (χ0v) is 9.57. The molecule has 0 aromatic heterocycles. The lowest BCUT2D eigenvalue weighted by Crippen LogP contribution is -2.16. The van der Waals surface area contributed by atoms with Gasteiger partial charge in [0.2, 0.25) is 0 Å². The maximum Gasteiger partial charge on any atom is 0.337 e. The van der Waals surface area contributed by atoms with Gasteiger partial charge in [-0.25, -0.2) is 4.79 Å². The van der Waals surface area contributed by atoms with E-state index in [2.05, 4.69) is 0 Å². The van der Waals surface area contributed by atoms with Crippen LogP contribution in [-0.2, 0) is 0 Å². The summed E-state index contributed by atoms with van der Waals surface area (Å²) in [4.78, 5) is 10.8. The fourth-order valence-corrected chi connectivity index (χ4v) is 1.27. The molecule has 0 radical (unpaired) electrons. The van der Waals surface area contributed by atoms with Gasteiger partial charge < -0.3 is 14.9 Å². The van der Waals surface area contributed by atoms with E-state index in [1.54, 1.807) is 6.07 Å². The third-order valence-electron chi connectivity index (χ3n) is 2.08. The van der Waals surface area contributed by atoms with Crippen molar-refractivity contribution in [2.45, 2.75) is 19.4 Å². The number of carboxylic acids is 1. The molecule has 0 heterocycles. The standard InChI is InChI=1S/C11H13ClO4/c1-2-7(13)6-16-8-3-4-10(12)9(5-8)11(14)15/h3-5,7,13H,2,6H2,1H3,(H,14,15). The maximum absolute atomic E-state index is 10.8. The van der Waals surface area contributed by atoms with Gasteiger partial charge in [0.1, 0.15) is 12.4 Å². The Morgan fingerprint density at radius 3 is 2.81 bits per heavy atom. The number of aliphatic hydroxyl groups is 1. The molecule has 0 saturated heterocycles. The van der Waals surface area contributed by atoms with Crippen molar-refractivity contribution in [1.29, 1.82) is 0 Å². The number of carbonyl (C=O) groups is 1. The van der Waals surface area contributed by atoms with Crippen molar-refractivity contribution in [3.63, 3.8) is 0 Å².